The minimum absolute atomic E-state index is 0.0834. The monoisotopic (exact) mass is 420 g/mol. The Morgan fingerprint density at radius 1 is 1.30 bits per heavy atom. The molecule has 3 rings (SSSR count). The van der Waals surface area contributed by atoms with Crippen molar-refractivity contribution in [3.8, 4) is 6.07 Å². The molecule has 0 radical (unpaired) electrons. The number of fused-ring (bicyclic) bond motifs is 1. The maximum atomic E-state index is 12.6. The summed E-state index contributed by atoms with van der Waals surface area (Å²) in [4.78, 5) is 31.8. The fourth-order valence-corrected chi connectivity index (χ4v) is 3.02. The van der Waals surface area contributed by atoms with Crippen LogP contribution in [0.4, 0.5) is 25.1 Å². The maximum absolute atomic E-state index is 12.6. The SMILES string of the molecule is CCOC(=O)C1C(C)=Nc2nc(NC(=O)C(F)(F)F)nn2C1c1ccc(C#N)cc1. The summed E-state index contributed by atoms with van der Waals surface area (Å²) in [7, 11) is 0. The molecule has 30 heavy (non-hydrogen) atoms. The summed E-state index contributed by atoms with van der Waals surface area (Å²) >= 11 is 0. The van der Waals surface area contributed by atoms with Crippen molar-refractivity contribution in [1.29, 1.82) is 5.26 Å². The quantitative estimate of drug-likeness (QED) is 0.759. The van der Waals surface area contributed by atoms with E-state index in [1.54, 1.807) is 31.3 Å². The van der Waals surface area contributed by atoms with Crippen molar-refractivity contribution in [2.45, 2.75) is 26.1 Å². The molecule has 2 heterocycles. The van der Waals surface area contributed by atoms with E-state index in [0.717, 1.165) is 4.68 Å². The van der Waals surface area contributed by atoms with Crippen molar-refractivity contribution >= 4 is 29.5 Å². The molecular weight excluding hydrogens is 405 g/mol. The number of hydrogen-bond donors (Lipinski definition) is 1. The normalized spacial score (nSPS) is 18.1. The van der Waals surface area contributed by atoms with Gasteiger partial charge >= 0.3 is 18.1 Å². The van der Waals surface area contributed by atoms with Gasteiger partial charge in [-0.3, -0.25) is 14.9 Å². The third-order valence-corrected chi connectivity index (χ3v) is 4.32. The minimum atomic E-state index is -5.12. The number of amides is 1. The second-order valence-electron chi connectivity index (χ2n) is 6.29. The van der Waals surface area contributed by atoms with E-state index >= 15 is 0 Å². The summed E-state index contributed by atoms with van der Waals surface area (Å²) in [5.74, 6) is -4.46. The molecule has 0 aliphatic carbocycles. The molecule has 0 saturated heterocycles. The molecular formula is C18H15F3N6O3. The molecule has 0 fully saturated rings. The number of halogens is 3. The van der Waals surface area contributed by atoms with E-state index in [4.69, 9.17) is 10.00 Å². The number of rotatable bonds is 4. The van der Waals surface area contributed by atoms with Gasteiger partial charge in [-0.15, -0.1) is 5.10 Å². The Hall–Kier alpha value is -3.75. The number of nitrogens with one attached hydrogen (secondary N) is 1. The summed E-state index contributed by atoms with van der Waals surface area (Å²) in [6.07, 6.45) is -5.12. The van der Waals surface area contributed by atoms with E-state index < -0.39 is 36.0 Å². The molecule has 1 aromatic heterocycles. The van der Waals surface area contributed by atoms with Gasteiger partial charge in [0.1, 0.15) is 5.92 Å². The van der Waals surface area contributed by atoms with E-state index in [1.165, 1.54) is 12.1 Å². The van der Waals surface area contributed by atoms with Gasteiger partial charge in [-0.05, 0) is 31.5 Å². The Bertz CT molecular complexity index is 1050. The first-order valence-electron chi connectivity index (χ1n) is 8.72. The standard InChI is InChI=1S/C18H15F3N6O3/c1-3-30-14(28)12-9(2)23-17-25-16(24-15(29)18(19,20)21)26-27(17)13(12)11-6-4-10(8-22)5-7-11/h4-7,12-13H,3H2,1-2H3,(H,24,26,29). The molecule has 0 saturated carbocycles. The van der Waals surface area contributed by atoms with Crippen molar-refractivity contribution in [2.24, 2.45) is 10.9 Å². The molecule has 9 nitrogen and oxygen atoms in total. The third kappa shape index (κ3) is 4.00. The van der Waals surface area contributed by atoms with E-state index in [2.05, 4.69) is 15.1 Å². The Morgan fingerprint density at radius 2 is 1.97 bits per heavy atom. The maximum Gasteiger partial charge on any atom is 0.471 e. The minimum Gasteiger partial charge on any atom is -0.465 e. The molecule has 0 bridgehead atoms. The summed E-state index contributed by atoms with van der Waals surface area (Å²) in [6.45, 7) is 3.31. The van der Waals surface area contributed by atoms with Gasteiger partial charge in [0, 0.05) is 5.71 Å². The lowest BCUT2D eigenvalue weighted by Crippen LogP contribution is -2.37. The zero-order chi connectivity index (χ0) is 22.1. The predicted octanol–water partition coefficient (Wildman–Crippen LogP) is 2.53. The van der Waals surface area contributed by atoms with Gasteiger partial charge in [0.05, 0.1) is 24.3 Å². The van der Waals surface area contributed by atoms with Crippen LogP contribution >= 0.6 is 0 Å². The van der Waals surface area contributed by atoms with Gasteiger partial charge in [-0.1, -0.05) is 12.1 Å². The second-order valence-corrected chi connectivity index (χ2v) is 6.29. The average Bonchev–Trinajstić information content (AvgIpc) is 3.08. The van der Waals surface area contributed by atoms with Crippen molar-refractivity contribution in [2.75, 3.05) is 11.9 Å². The average molecular weight is 420 g/mol. The van der Waals surface area contributed by atoms with E-state index in [-0.39, 0.29) is 12.6 Å². The van der Waals surface area contributed by atoms with Crippen LogP contribution in [-0.2, 0) is 14.3 Å². The molecule has 2 atom stereocenters. The number of aliphatic imine (C=N–C) groups is 1. The fourth-order valence-electron chi connectivity index (χ4n) is 3.02. The highest BCUT2D eigenvalue weighted by molar-refractivity contribution is 6.03. The lowest BCUT2D eigenvalue weighted by molar-refractivity contribution is -0.167. The molecule has 2 aromatic rings. The molecule has 1 N–H and O–H groups in total. The molecule has 156 valence electrons. The number of carbonyl (C=O) groups is 2. The fraction of sp³-hybridized carbons (Fsp3) is 0.333. The predicted molar refractivity (Wildman–Crippen MR) is 96.9 cm³/mol. The van der Waals surface area contributed by atoms with Crippen LogP contribution in [0.15, 0.2) is 29.3 Å². The molecule has 12 heteroatoms. The Labute approximate surface area is 168 Å². The number of hydrogen-bond acceptors (Lipinski definition) is 7. The second kappa shape index (κ2) is 7.94. The van der Waals surface area contributed by atoms with Crippen LogP contribution in [0.25, 0.3) is 0 Å². The molecule has 1 aliphatic heterocycles. The number of nitrogens with zero attached hydrogens (tertiary/aromatic N) is 5. The van der Waals surface area contributed by atoms with Gasteiger partial charge in [0.25, 0.3) is 5.95 Å². The van der Waals surface area contributed by atoms with Gasteiger partial charge in [0.2, 0.25) is 5.95 Å². The highest BCUT2D eigenvalue weighted by Gasteiger charge is 2.42. The summed E-state index contributed by atoms with van der Waals surface area (Å²) in [5, 5.41) is 14.5. The van der Waals surface area contributed by atoms with Crippen LogP contribution in [0.1, 0.15) is 31.0 Å². The molecule has 0 spiro atoms. The first kappa shape index (κ1) is 21.0. The van der Waals surface area contributed by atoms with Crippen molar-refractivity contribution in [1.82, 2.24) is 14.8 Å². The Kier molecular flexibility index (Phi) is 5.55. The third-order valence-electron chi connectivity index (χ3n) is 4.32. The number of nitriles is 1. The molecule has 2 unspecified atom stereocenters. The zero-order valence-corrected chi connectivity index (χ0v) is 15.8. The van der Waals surface area contributed by atoms with Crippen LogP contribution in [0, 0.1) is 17.2 Å². The van der Waals surface area contributed by atoms with Gasteiger partial charge in [0.15, 0.2) is 0 Å². The van der Waals surface area contributed by atoms with Gasteiger partial charge < -0.3 is 4.74 Å². The Morgan fingerprint density at radius 3 is 2.53 bits per heavy atom. The molecule has 1 aromatic carbocycles. The van der Waals surface area contributed by atoms with E-state index in [9.17, 15) is 22.8 Å². The number of carbonyl (C=O) groups excluding carboxylic acids is 2. The number of ether oxygens (including phenoxy) is 1. The van der Waals surface area contributed by atoms with Crippen LogP contribution in [0.3, 0.4) is 0 Å². The first-order valence-corrected chi connectivity index (χ1v) is 8.72. The van der Waals surface area contributed by atoms with Crippen molar-refractivity contribution in [3.63, 3.8) is 0 Å². The van der Waals surface area contributed by atoms with E-state index in [1.807, 2.05) is 6.07 Å². The van der Waals surface area contributed by atoms with E-state index in [0.29, 0.717) is 16.8 Å². The number of alkyl halides is 3. The molecule has 1 aliphatic rings. The smallest absolute Gasteiger partial charge is 0.465 e. The lowest BCUT2D eigenvalue weighted by atomic mass is 9.88. The van der Waals surface area contributed by atoms with Gasteiger partial charge in [-0.25, -0.2) is 9.67 Å². The highest BCUT2D eigenvalue weighted by Crippen LogP contribution is 2.37. The Balaban J connectivity index is 2.08. The summed E-state index contributed by atoms with van der Waals surface area (Å²) < 4.78 is 44.0. The number of esters is 1. The van der Waals surface area contributed by atoms with Crippen molar-refractivity contribution in [3.05, 3.63) is 35.4 Å². The topological polar surface area (TPSA) is 122 Å². The van der Waals surface area contributed by atoms with Crippen LogP contribution in [0.5, 0.6) is 0 Å². The highest BCUT2D eigenvalue weighted by atomic mass is 19.4. The largest absolute Gasteiger partial charge is 0.471 e. The number of benzene rings is 1. The number of aromatic nitrogens is 3. The zero-order valence-electron chi connectivity index (χ0n) is 15.8. The lowest BCUT2D eigenvalue weighted by Gasteiger charge is -2.29. The van der Waals surface area contributed by atoms with Crippen LogP contribution in [-0.4, -0.2) is 45.1 Å². The van der Waals surface area contributed by atoms with Gasteiger partial charge in [-0.2, -0.15) is 23.4 Å². The van der Waals surface area contributed by atoms with Crippen molar-refractivity contribution < 1.29 is 27.5 Å². The summed E-state index contributed by atoms with van der Waals surface area (Å²) in [5.41, 5.74) is 1.22. The van der Waals surface area contributed by atoms with Crippen LogP contribution < -0.4 is 5.32 Å². The van der Waals surface area contributed by atoms with Crippen LogP contribution in [0.2, 0.25) is 0 Å². The first-order chi connectivity index (χ1) is 14.2. The molecule has 1 amide bonds. The summed E-state index contributed by atoms with van der Waals surface area (Å²) in [6, 6.07) is 7.36. The number of anilines is 1.